The Hall–Kier alpha value is -2.95. The fraction of sp³-hybridized carbons (Fsp3) is 0.0625. The molecular formula is C16H12O5. The van der Waals surface area contributed by atoms with Crippen molar-refractivity contribution in [3.8, 4) is 28.4 Å². The number of phenolic OH excluding ortho intramolecular Hbond substituents is 2. The van der Waals surface area contributed by atoms with Crippen LogP contribution in [0.5, 0.6) is 17.2 Å². The summed E-state index contributed by atoms with van der Waals surface area (Å²) >= 11 is 0. The van der Waals surface area contributed by atoms with Crippen molar-refractivity contribution in [1.82, 2.24) is 0 Å². The van der Waals surface area contributed by atoms with Crippen molar-refractivity contribution in [3.63, 3.8) is 0 Å². The number of phenols is 2. The van der Waals surface area contributed by atoms with Gasteiger partial charge in [-0.1, -0.05) is 12.1 Å². The van der Waals surface area contributed by atoms with E-state index in [4.69, 9.17) is 9.15 Å². The quantitative estimate of drug-likeness (QED) is 0.707. The van der Waals surface area contributed by atoms with Crippen molar-refractivity contribution in [2.75, 3.05) is 7.11 Å². The van der Waals surface area contributed by atoms with E-state index in [0.717, 1.165) is 0 Å². The van der Waals surface area contributed by atoms with Gasteiger partial charge in [0, 0.05) is 12.1 Å². The van der Waals surface area contributed by atoms with Gasteiger partial charge in [0.2, 0.25) is 0 Å². The second kappa shape index (κ2) is 4.86. The highest BCUT2D eigenvalue weighted by Gasteiger charge is 2.12. The van der Waals surface area contributed by atoms with Crippen LogP contribution >= 0.6 is 0 Å². The minimum absolute atomic E-state index is 0.0341. The van der Waals surface area contributed by atoms with E-state index in [-0.39, 0.29) is 17.1 Å². The Morgan fingerprint density at radius 2 is 1.76 bits per heavy atom. The standard InChI is InChI=1S/C16H12O5/c1-20-11-6-14(18)13-8-12(16(19)21-15(13)7-11)9-2-4-10(17)5-3-9/h2-8,17-18H,1H3. The molecule has 0 aliphatic carbocycles. The summed E-state index contributed by atoms with van der Waals surface area (Å²) in [7, 11) is 1.46. The van der Waals surface area contributed by atoms with E-state index in [9.17, 15) is 15.0 Å². The first-order valence-corrected chi connectivity index (χ1v) is 6.23. The number of hydrogen-bond donors (Lipinski definition) is 2. The molecule has 0 aliphatic rings. The van der Waals surface area contributed by atoms with Crippen LogP contribution < -0.4 is 10.4 Å². The Kier molecular flexibility index (Phi) is 3.02. The van der Waals surface area contributed by atoms with E-state index < -0.39 is 5.63 Å². The van der Waals surface area contributed by atoms with E-state index in [0.29, 0.717) is 22.3 Å². The number of rotatable bonds is 2. The van der Waals surface area contributed by atoms with Gasteiger partial charge in [0.1, 0.15) is 22.8 Å². The molecule has 0 fully saturated rings. The summed E-state index contributed by atoms with van der Waals surface area (Å²) in [5.41, 5.74) is 0.627. The molecule has 5 heteroatoms. The first-order chi connectivity index (χ1) is 10.1. The molecule has 0 amide bonds. The number of methoxy groups -OCH3 is 1. The Balaban J connectivity index is 2.26. The first kappa shape index (κ1) is 13.1. The van der Waals surface area contributed by atoms with Gasteiger partial charge in [-0.05, 0) is 23.8 Å². The number of ether oxygens (including phenoxy) is 1. The summed E-state index contributed by atoms with van der Waals surface area (Å²) in [6.07, 6.45) is 0. The van der Waals surface area contributed by atoms with E-state index in [1.807, 2.05) is 0 Å². The van der Waals surface area contributed by atoms with Crippen LogP contribution in [-0.2, 0) is 0 Å². The normalized spacial score (nSPS) is 10.7. The number of aromatic hydroxyl groups is 2. The highest BCUT2D eigenvalue weighted by atomic mass is 16.5. The molecule has 5 nitrogen and oxygen atoms in total. The van der Waals surface area contributed by atoms with Crippen molar-refractivity contribution < 1.29 is 19.4 Å². The van der Waals surface area contributed by atoms with Crippen LogP contribution in [0.4, 0.5) is 0 Å². The van der Waals surface area contributed by atoms with Gasteiger partial charge in [0.25, 0.3) is 0 Å². The van der Waals surface area contributed by atoms with Gasteiger partial charge >= 0.3 is 5.63 Å². The summed E-state index contributed by atoms with van der Waals surface area (Å²) < 4.78 is 10.3. The predicted molar refractivity (Wildman–Crippen MR) is 77.8 cm³/mol. The summed E-state index contributed by atoms with van der Waals surface area (Å²) in [5.74, 6) is 0.477. The van der Waals surface area contributed by atoms with Crippen LogP contribution in [0.3, 0.4) is 0 Å². The lowest BCUT2D eigenvalue weighted by Crippen LogP contribution is -2.02. The maximum atomic E-state index is 12.1. The molecule has 0 spiro atoms. The molecule has 3 rings (SSSR count). The van der Waals surface area contributed by atoms with Gasteiger partial charge in [-0.25, -0.2) is 4.79 Å². The van der Waals surface area contributed by atoms with E-state index in [1.165, 1.54) is 31.4 Å². The molecular weight excluding hydrogens is 272 g/mol. The van der Waals surface area contributed by atoms with Crippen LogP contribution in [0.1, 0.15) is 0 Å². The van der Waals surface area contributed by atoms with Gasteiger partial charge in [0.05, 0.1) is 18.1 Å². The summed E-state index contributed by atoms with van der Waals surface area (Å²) in [6.45, 7) is 0. The average molecular weight is 284 g/mol. The largest absolute Gasteiger partial charge is 0.508 e. The second-order valence-corrected chi connectivity index (χ2v) is 4.55. The third-order valence-electron chi connectivity index (χ3n) is 3.22. The number of hydrogen-bond acceptors (Lipinski definition) is 5. The van der Waals surface area contributed by atoms with E-state index >= 15 is 0 Å². The maximum absolute atomic E-state index is 12.1. The highest BCUT2D eigenvalue weighted by Crippen LogP contribution is 2.32. The zero-order valence-corrected chi connectivity index (χ0v) is 11.2. The molecule has 1 heterocycles. The number of fused-ring (bicyclic) bond motifs is 1. The Bertz CT molecular complexity index is 862. The molecule has 0 radical (unpaired) electrons. The zero-order chi connectivity index (χ0) is 15.0. The highest BCUT2D eigenvalue weighted by molar-refractivity contribution is 5.88. The molecule has 1 aromatic heterocycles. The molecule has 0 atom stereocenters. The van der Waals surface area contributed by atoms with Gasteiger partial charge in [-0.3, -0.25) is 0 Å². The summed E-state index contributed by atoms with van der Waals surface area (Å²) in [4.78, 5) is 12.1. The molecule has 0 bridgehead atoms. The monoisotopic (exact) mass is 284 g/mol. The molecule has 0 saturated carbocycles. The molecule has 2 aromatic carbocycles. The smallest absolute Gasteiger partial charge is 0.344 e. The fourth-order valence-electron chi connectivity index (χ4n) is 2.13. The van der Waals surface area contributed by atoms with E-state index in [1.54, 1.807) is 18.2 Å². The van der Waals surface area contributed by atoms with Crippen LogP contribution in [-0.4, -0.2) is 17.3 Å². The van der Waals surface area contributed by atoms with Crippen LogP contribution in [0, 0.1) is 0 Å². The van der Waals surface area contributed by atoms with Gasteiger partial charge in [-0.2, -0.15) is 0 Å². The molecule has 0 aliphatic heterocycles. The Morgan fingerprint density at radius 3 is 2.43 bits per heavy atom. The van der Waals surface area contributed by atoms with Gasteiger partial charge < -0.3 is 19.4 Å². The summed E-state index contributed by atoms with van der Waals surface area (Å²) in [6, 6.07) is 10.7. The van der Waals surface area contributed by atoms with Crippen LogP contribution in [0.2, 0.25) is 0 Å². The van der Waals surface area contributed by atoms with Gasteiger partial charge in [0.15, 0.2) is 0 Å². The second-order valence-electron chi connectivity index (χ2n) is 4.55. The molecule has 2 N–H and O–H groups in total. The van der Waals surface area contributed by atoms with Crippen LogP contribution in [0.15, 0.2) is 51.7 Å². The van der Waals surface area contributed by atoms with Crippen LogP contribution in [0.25, 0.3) is 22.1 Å². The minimum atomic E-state index is -0.527. The SMILES string of the molecule is COc1cc(O)c2cc(-c3ccc(O)cc3)c(=O)oc2c1. The van der Waals surface area contributed by atoms with Crippen molar-refractivity contribution in [1.29, 1.82) is 0 Å². The topological polar surface area (TPSA) is 79.9 Å². The van der Waals surface area contributed by atoms with E-state index in [2.05, 4.69) is 0 Å². The lowest BCUT2D eigenvalue weighted by molar-refractivity contribution is 0.407. The molecule has 0 saturated heterocycles. The molecule has 0 unspecified atom stereocenters. The summed E-state index contributed by atoms with van der Waals surface area (Å²) in [5, 5.41) is 19.7. The van der Waals surface area contributed by atoms with Crippen molar-refractivity contribution in [2.45, 2.75) is 0 Å². The first-order valence-electron chi connectivity index (χ1n) is 6.23. The molecule has 106 valence electrons. The fourth-order valence-corrected chi connectivity index (χ4v) is 2.13. The lowest BCUT2D eigenvalue weighted by atomic mass is 10.1. The third-order valence-corrected chi connectivity index (χ3v) is 3.22. The average Bonchev–Trinajstić information content (AvgIpc) is 2.47. The maximum Gasteiger partial charge on any atom is 0.344 e. The minimum Gasteiger partial charge on any atom is -0.508 e. The Morgan fingerprint density at radius 1 is 1.05 bits per heavy atom. The molecule has 21 heavy (non-hydrogen) atoms. The zero-order valence-electron chi connectivity index (χ0n) is 11.2. The predicted octanol–water partition coefficient (Wildman–Crippen LogP) is 2.88. The van der Waals surface area contributed by atoms with Crippen molar-refractivity contribution in [2.24, 2.45) is 0 Å². The van der Waals surface area contributed by atoms with Crippen molar-refractivity contribution >= 4 is 11.0 Å². The third kappa shape index (κ3) is 2.29. The molecule has 3 aromatic rings. The Labute approximate surface area is 119 Å². The van der Waals surface area contributed by atoms with Gasteiger partial charge in [-0.15, -0.1) is 0 Å². The van der Waals surface area contributed by atoms with Crippen molar-refractivity contribution in [3.05, 3.63) is 52.9 Å². The number of benzene rings is 2. The lowest BCUT2D eigenvalue weighted by Gasteiger charge is -2.06.